The van der Waals surface area contributed by atoms with Crippen molar-refractivity contribution in [2.45, 2.75) is 24.3 Å². The summed E-state index contributed by atoms with van der Waals surface area (Å²) in [5.74, 6) is 0.749. The molecule has 0 unspecified atom stereocenters. The van der Waals surface area contributed by atoms with Crippen LogP contribution in [0, 0.1) is 24.0 Å². The summed E-state index contributed by atoms with van der Waals surface area (Å²) in [6.45, 7) is 3.73. The van der Waals surface area contributed by atoms with E-state index in [1.54, 1.807) is 0 Å². The second-order valence-corrected chi connectivity index (χ2v) is 6.90. The Labute approximate surface area is 150 Å². The van der Waals surface area contributed by atoms with E-state index >= 15 is 0 Å². The normalized spacial score (nSPS) is 12.1. The first-order valence-corrected chi connectivity index (χ1v) is 8.75. The SMILES string of the molecule is Cc1ccc(-n2c(C)nnc2S[C@@H](C[N+](=O)[O-])c2ccccc2)cc1. The Hall–Kier alpha value is -2.67. The van der Waals surface area contributed by atoms with Gasteiger partial charge in [-0.1, -0.05) is 59.8 Å². The highest BCUT2D eigenvalue weighted by Gasteiger charge is 2.23. The molecule has 128 valence electrons. The molecule has 3 aromatic rings. The third-order valence-corrected chi connectivity index (χ3v) is 5.00. The zero-order chi connectivity index (χ0) is 17.8. The first-order chi connectivity index (χ1) is 12.0. The molecule has 0 aliphatic carbocycles. The van der Waals surface area contributed by atoms with Crippen molar-refractivity contribution in [3.8, 4) is 5.69 Å². The van der Waals surface area contributed by atoms with Gasteiger partial charge in [0.15, 0.2) is 5.16 Å². The number of benzene rings is 2. The lowest BCUT2D eigenvalue weighted by Crippen LogP contribution is -2.11. The van der Waals surface area contributed by atoms with Crippen LogP contribution in [0.15, 0.2) is 59.8 Å². The Bertz CT molecular complexity index is 863. The minimum absolute atomic E-state index is 0.172. The molecule has 1 atom stereocenters. The van der Waals surface area contributed by atoms with Gasteiger partial charge >= 0.3 is 0 Å². The second kappa shape index (κ2) is 7.48. The minimum Gasteiger partial charge on any atom is -0.274 e. The van der Waals surface area contributed by atoms with Crippen LogP contribution in [0.25, 0.3) is 5.69 Å². The lowest BCUT2D eigenvalue weighted by molar-refractivity contribution is -0.479. The number of aromatic nitrogens is 3. The fourth-order valence-electron chi connectivity index (χ4n) is 2.55. The van der Waals surface area contributed by atoms with E-state index in [9.17, 15) is 10.1 Å². The molecule has 0 saturated carbocycles. The molecule has 25 heavy (non-hydrogen) atoms. The fourth-order valence-corrected chi connectivity index (χ4v) is 3.73. The topological polar surface area (TPSA) is 73.8 Å². The average molecular weight is 354 g/mol. The number of hydrogen-bond donors (Lipinski definition) is 0. The van der Waals surface area contributed by atoms with E-state index < -0.39 is 0 Å². The minimum atomic E-state index is -0.330. The van der Waals surface area contributed by atoms with Crippen molar-refractivity contribution < 1.29 is 4.92 Å². The van der Waals surface area contributed by atoms with Crippen LogP contribution in [0.1, 0.15) is 22.2 Å². The van der Waals surface area contributed by atoms with Gasteiger partial charge in [-0.15, -0.1) is 10.2 Å². The Morgan fingerprint density at radius 3 is 2.40 bits per heavy atom. The molecule has 3 rings (SSSR count). The van der Waals surface area contributed by atoms with Crippen LogP contribution in [0.3, 0.4) is 0 Å². The highest BCUT2D eigenvalue weighted by molar-refractivity contribution is 7.99. The van der Waals surface area contributed by atoms with Crippen LogP contribution in [0.4, 0.5) is 0 Å². The maximum absolute atomic E-state index is 11.1. The molecular weight excluding hydrogens is 336 g/mol. The van der Waals surface area contributed by atoms with Gasteiger partial charge in [0.1, 0.15) is 11.1 Å². The van der Waals surface area contributed by atoms with Gasteiger partial charge in [0.05, 0.1) is 0 Å². The first kappa shape index (κ1) is 17.2. The van der Waals surface area contributed by atoms with Gasteiger partial charge in [-0.05, 0) is 31.5 Å². The summed E-state index contributed by atoms with van der Waals surface area (Å²) in [6.07, 6.45) is 0. The Morgan fingerprint density at radius 2 is 1.76 bits per heavy atom. The summed E-state index contributed by atoms with van der Waals surface area (Å²) in [5.41, 5.74) is 3.02. The smallest absolute Gasteiger partial charge is 0.220 e. The molecule has 0 saturated heterocycles. The summed E-state index contributed by atoms with van der Waals surface area (Å²) >= 11 is 1.36. The molecule has 7 heteroatoms. The summed E-state index contributed by atoms with van der Waals surface area (Å²) < 4.78 is 1.93. The van der Waals surface area contributed by atoms with E-state index in [2.05, 4.69) is 10.2 Å². The third-order valence-electron chi connectivity index (χ3n) is 3.82. The van der Waals surface area contributed by atoms with Crippen molar-refractivity contribution in [3.05, 3.63) is 81.7 Å². The molecule has 0 fully saturated rings. The largest absolute Gasteiger partial charge is 0.274 e. The van der Waals surface area contributed by atoms with E-state index in [4.69, 9.17) is 0 Å². The first-order valence-electron chi connectivity index (χ1n) is 7.87. The molecule has 0 aliphatic heterocycles. The predicted octanol–water partition coefficient (Wildman–Crippen LogP) is 3.99. The third kappa shape index (κ3) is 4.06. The predicted molar refractivity (Wildman–Crippen MR) is 97.7 cm³/mol. The second-order valence-electron chi connectivity index (χ2n) is 5.73. The summed E-state index contributed by atoms with van der Waals surface area (Å²) in [5, 5.41) is 19.8. The van der Waals surface area contributed by atoms with Crippen LogP contribution in [-0.2, 0) is 0 Å². The Morgan fingerprint density at radius 1 is 1.08 bits per heavy atom. The van der Waals surface area contributed by atoms with Crippen LogP contribution in [-0.4, -0.2) is 26.2 Å². The number of nitrogens with zero attached hydrogens (tertiary/aromatic N) is 4. The van der Waals surface area contributed by atoms with Gasteiger partial charge in [0.25, 0.3) is 0 Å². The van der Waals surface area contributed by atoms with Crippen molar-refractivity contribution in [3.63, 3.8) is 0 Å². The monoisotopic (exact) mass is 354 g/mol. The summed E-state index contributed by atoms with van der Waals surface area (Å²) in [6, 6.07) is 17.5. The number of nitro groups is 1. The van der Waals surface area contributed by atoms with Gasteiger partial charge in [0.2, 0.25) is 6.54 Å². The van der Waals surface area contributed by atoms with Crippen LogP contribution in [0.5, 0.6) is 0 Å². The lowest BCUT2D eigenvalue weighted by atomic mass is 10.1. The van der Waals surface area contributed by atoms with Crippen molar-refractivity contribution in [1.29, 1.82) is 0 Å². The van der Waals surface area contributed by atoms with E-state index in [-0.39, 0.29) is 16.7 Å². The highest BCUT2D eigenvalue weighted by atomic mass is 32.2. The molecular formula is C18H18N4O2S. The van der Waals surface area contributed by atoms with Crippen molar-refractivity contribution >= 4 is 11.8 Å². The summed E-state index contributed by atoms with van der Waals surface area (Å²) in [7, 11) is 0. The van der Waals surface area contributed by atoms with Crippen molar-refractivity contribution in [2.24, 2.45) is 0 Å². The molecule has 6 nitrogen and oxygen atoms in total. The maximum atomic E-state index is 11.1. The number of aryl methyl sites for hydroxylation is 2. The summed E-state index contributed by atoms with van der Waals surface area (Å²) in [4.78, 5) is 10.8. The van der Waals surface area contributed by atoms with E-state index in [1.165, 1.54) is 17.3 Å². The van der Waals surface area contributed by atoms with Crippen LogP contribution < -0.4 is 0 Å². The number of thioether (sulfide) groups is 1. The van der Waals surface area contributed by atoms with Crippen molar-refractivity contribution in [1.82, 2.24) is 14.8 Å². The highest BCUT2D eigenvalue weighted by Crippen LogP contribution is 2.35. The molecule has 0 spiro atoms. The zero-order valence-corrected chi connectivity index (χ0v) is 14.8. The molecule has 0 aliphatic rings. The Kier molecular flexibility index (Phi) is 5.14. The van der Waals surface area contributed by atoms with E-state index in [0.29, 0.717) is 5.16 Å². The van der Waals surface area contributed by atoms with Crippen LogP contribution in [0.2, 0.25) is 0 Å². The molecule has 0 N–H and O–H groups in total. The van der Waals surface area contributed by atoms with Gasteiger partial charge in [-0.3, -0.25) is 14.7 Å². The van der Waals surface area contributed by atoms with Crippen LogP contribution >= 0.6 is 11.8 Å². The quantitative estimate of drug-likeness (QED) is 0.380. The van der Waals surface area contributed by atoms with Gasteiger partial charge < -0.3 is 0 Å². The molecule has 0 amide bonds. The van der Waals surface area contributed by atoms with Gasteiger partial charge in [-0.2, -0.15) is 0 Å². The molecule has 1 aromatic heterocycles. The number of rotatable bonds is 6. The number of hydrogen-bond acceptors (Lipinski definition) is 5. The molecule has 0 bridgehead atoms. The Balaban J connectivity index is 1.95. The van der Waals surface area contributed by atoms with E-state index in [0.717, 1.165) is 17.1 Å². The van der Waals surface area contributed by atoms with Gasteiger partial charge in [0, 0.05) is 10.6 Å². The standard InChI is InChI=1S/C18H18N4O2S/c1-13-8-10-16(11-9-13)22-14(2)19-20-18(22)25-17(12-21(23)24)15-6-4-3-5-7-15/h3-11,17H,12H2,1-2H3/t17-/m0/s1. The fraction of sp³-hybridized carbons (Fsp3) is 0.222. The zero-order valence-electron chi connectivity index (χ0n) is 14.0. The van der Waals surface area contributed by atoms with Crippen molar-refractivity contribution in [2.75, 3.05) is 6.54 Å². The average Bonchev–Trinajstić information content (AvgIpc) is 2.96. The molecule has 2 aromatic carbocycles. The lowest BCUT2D eigenvalue weighted by Gasteiger charge is -2.14. The van der Waals surface area contributed by atoms with Gasteiger partial charge in [-0.25, -0.2) is 0 Å². The molecule has 1 heterocycles. The maximum Gasteiger partial charge on any atom is 0.220 e. The van der Waals surface area contributed by atoms with E-state index in [1.807, 2.05) is 73.0 Å². The molecule has 0 radical (unpaired) electrons.